The van der Waals surface area contributed by atoms with Gasteiger partial charge in [0.25, 0.3) is 0 Å². The molecule has 7 heteroatoms. The fourth-order valence-electron chi connectivity index (χ4n) is 4.99. The first-order valence-corrected chi connectivity index (χ1v) is 10.5. The van der Waals surface area contributed by atoms with Gasteiger partial charge >= 0.3 is 0 Å². The van der Waals surface area contributed by atoms with Crippen molar-refractivity contribution in [2.24, 2.45) is 5.92 Å². The molecular formula is C21H32N6O. The first-order valence-electron chi connectivity index (χ1n) is 10.5. The number of hydrogen-bond acceptors (Lipinski definition) is 4. The molecule has 2 atom stereocenters. The number of nitrogens with zero attached hydrogens (tertiary/aromatic N) is 5. The molecule has 0 spiro atoms. The van der Waals surface area contributed by atoms with Crippen LogP contribution in [0.15, 0.2) is 6.33 Å². The molecule has 3 saturated heterocycles. The highest BCUT2D eigenvalue weighted by Gasteiger charge is 2.37. The van der Waals surface area contributed by atoms with Crippen molar-refractivity contribution in [1.82, 2.24) is 29.5 Å². The van der Waals surface area contributed by atoms with Gasteiger partial charge < -0.3 is 9.88 Å². The van der Waals surface area contributed by atoms with Crippen molar-refractivity contribution >= 4 is 5.91 Å². The summed E-state index contributed by atoms with van der Waals surface area (Å²) < 4.78 is 1.90. The summed E-state index contributed by atoms with van der Waals surface area (Å²) >= 11 is 0. The molecule has 0 saturated carbocycles. The van der Waals surface area contributed by atoms with Gasteiger partial charge in [-0.05, 0) is 51.5 Å². The van der Waals surface area contributed by atoms with Crippen LogP contribution in [0.25, 0.3) is 0 Å². The SMILES string of the molecule is CCc1c(C)nn(CC(=O)N2C[C@H]3CC[C@@H]2CN(Cc2nc[nH]c2C)C3)c1C. The topological polar surface area (TPSA) is 70.1 Å². The third-order valence-electron chi connectivity index (χ3n) is 6.59. The lowest BCUT2D eigenvalue weighted by molar-refractivity contribution is -0.136. The number of aromatic amines is 1. The molecule has 2 aromatic rings. The highest BCUT2D eigenvalue weighted by Crippen LogP contribution is 2.29. The third kappa shape index (κ3) is 3.60. The molecule has 0 aliphatic carbocycles. The molecule has 3 fully saturated rings. The van der Waals surface area contributed by atoms with Crippen LogP contribution in [-0.4, -0.2) is 61.1 Å². The van der Waals surface area contributed by atoms with Crippen LogP contribution in [0, 0.1) is 26.7 Å². The van der Waals surface area contributed by atoms with E-state index in [1.165, 1.54) is 12.0 Å². The molecule has 3 aliphatic rings. The number of aryl methyl sites for hydroxylation is 2. The minimum atomic E-state index is 0.209. The van der Waals surface area contributed by atoms with Gasteiger partial charge in [-0.15, -0.1) is 0 Å². The molecule has 0 aromatic carbocycles. The zero-order chi connectivity index (χ0) is 19.8. The summed E-state index contributed by atoms with van der Waals surface area (Å²) in [5.41, 5.74) is 5.70. The molecule has 0 radical (unpaired) electrons. The van der Waals surface area contributed by atoms with E-state index in [4.69, 9.17) is 0 Å². The van der Waals surface area contributed by atoms with Crippen molar-refractivity contribution in [3.63, 3.8) is 0 Å². The van der Waals surface area contributed by atoms with Crippen LogP contribution in [0.1, 0.15) is 48.1 Å². The van der Waals surface area contributed by atoms with Crippen molar-refractivity contribution in [3.05, 3.63) is 34.7 Å². The van der Waals surface area contributed by atoms with E-state index in [-0.39, 0.29) is 5.91 Å². The van der Waals surface area contributed by atoms with Gasteiger partial charge in [0.15, 0.2) is 0 Å². The normalized spacial score (nSPS) is 22.6. The van der Waals surface area contributed by atoms with Crippen molar-refractivity contribution in [3.8, 4) is 0 Å². The number of imidazole rings is 1. The number of H-pyrrole nitrogens is 1. The summed E-state index contributed by atoms with van der Waals surface area (Å²) in [6.45, 7) is 12.4. The van der Waals surface area contributed by atoms with Gasteiger partial charge in [-0.2, -0.15) is 5.10 Å². The molecule has 2 bridgehead atoms. The smallest absolute Gasteiger partial charge is 0.244 e. The van der Waals surface area contributed by atoms with E-state index in [2.05, 4.69) is 45.6 Å². The Hall–Kier alpha value is -2.15. The standard InChI is InChI=1S/C21H32N6O/c1-5-19-14(2)24-27(16(19)4)12-21(28)26-9-17-6-7-18(26)10-25(8-17)11-20-15(3)22-13-23-20/h13,17-18H,5-12H2,1-4H3,(H,22,23)/t17-,18+/m0/s1. The molecule has 1 amide bonds. The largest absolute Gasteiger partial charge is 0.348 e. The zero-order valence-corrected chi connectivity index (χ0v) is 17.5. The maximum atomic E-state index is 13.2. The van der Waals surface area contributed by atoms with Crippen LogP contribution in [-0.2, 0) is 24.3 Å². The predicted octanol–water partition coefficient (Wildman–Crippen LogP) is 2.22. The molecule has 7 nitrogen and oxygen atoms in total. The Bertz CT molecular complexity index is 853. The number of hydrogen-bond donors (Lipinski definition) is 1. The summed E-state index contributed by atoms with van der Waals surface area (Å²) in [6, 6.07) is 0.299. The predicted molar refractivity (Wildman–Crippen MR) is 108 cm³/mol. The van der Waals surface area contributed by atoms with Crippen molar-refractivity contribution in [2.75, 3.05) is 19.6 Å². The van der Waals surface area contributed by atoms with Gasteiger partial charge in [-0.3, -0.25) is 14.4 Å². The van der Waals surface area contributed by atoms with Gasteiger partial charge in [0, 0.05) is 43.6 Å². The maximum absolute atomic E-state index is 13.2. The number of amides is 1. The van der Waals surface area contributed by atoms with E-state index in [0.717, 1.165) is 61.8 Å². The van der Waals surface area contributed by atoms with E-state index in [1.807, 2.05) is 11.6 Å². The van der Waals surface area contributed by atoms with Gasteiger partial charge in [0.2, 0.25) is 5.91 Å². The van der Waals surface area contributed by atoms with E-state index in [1.54, 1.807) is 6.33 Å². The van der Waals surface area contributed by atoms with Crippen LogP contribution >= 0.6 is 0 Å². The first kappa shape index (κ1) is 19.2. The molecule has 5 heterocycles. The number of fused-ring (bicyclic) bond motifs is 4. The zero-order valence-electron chi connectivity index (χ0n) is 17.5. The Morgan fingerprint density at radius 2 is 2.04 bits per heavy atom. The minimum Gasteiger partial charge on any atom is -0.348 e. The second-order valence-electron chi connectivity index (χ2n) is 8.47. The maximum Gasteiger partial charge on any atom is 0.244 e. The third-order valence-corrected chi connectivity index (χ3v) is 6.59. The monoisotopic (exact) mass is 384 g/mol. The summed E-state index contributed by atoms with van der Waals surface area (Å²) in [4.78, 5) is 25.4. The molecule has 5 rings (SSSR count). The number of carbonyl (C=O) groups is 1. The second-order valence-corrected chi connectivity index (χ2v) is 8.47. The highest BCUT2D eigenvalue weighted by molar-refractivity contribution is 5.76. The van der Waals surface area contributed by atoms with Crippen molar-refractivity contribution < 1.29 is 4.79 Å². The Morgan fingerprint density at radius 1 is 1.21 bits per heavy atom. The quantitative estimate of drug-likeness (QED) is 0.858. The van der Waals surface area contributed by atoms with Gasteiger partial charge in [-0.25, -0.2) is 4.98 Å². The van der Waals surface area contributed by atoms with E-state index in [9.17, 15) is 4.79 Å². The van der Waals surface area contributed by atoms with Crippen LogP contribution in [0.5, 0.6) is 0 Å². The number of rotatable bonds is 5. The van der Waals surface area contributed by atoms with Crippen LogP contribution in [0.4, 0.5) is 0 Å². The minimum absolute atomic E-state index is 0.209. The lowest BCUT2D eigenvalue weighted by Crippen LogP contribution is -2.48. The fraction of sp³-hybridized carbons (Fsp3) is 0.667. The first-order chi connectivity index (χ1) is 13.5. The van der Waals surface area contributed by atoms with E-state index < -0.39 is 0 Å². The molecule has 2 aromatic heterocycles. The van der Waals surface area contributed by atoms with Crippen molar-refractivity contribution in [1.29, 1.82) is 0 Å². The molecule has 28 heavy (non-hydrogen) atoms. The van der Waals surface area contributed by atoms with Crippen LogP contribution in [0.2, 0.25) is 0 Å². The average molecular weight is 385 g/mol. The number of piperidine rings is 1. The molecule has 3 aliphatic heterocycles. The molecule has 0 unspecified atom stereocenters. The second kappa shape index (κ2) is 7.70. The van der Waals surface area contributed by atoms with Gasteiger partial charge in [-0.1, -0.05) is 6.92 Å². The number of carbonyl (C=O) groups excluding carboxylic acids is 1. The highest BCUT2D eigenvalue weighted by atomic mass is 16.2. The number of aromatic nitrogens is 4. The van der Waals surface area contributed by atoms with Crippen LogP contribution in [0.3, 0.4) is 0 Å². The molecular weight excluding hydrogens is 352 g/mol. The number of nitrogens with one attached hydrogen (secondary N) is 1. The Morgan fingerprint density at radius 3 is 2.71 bits per heavy atom. The Labute approximate surface area is 167 Å². The lowest BCUT2D eigenvalue weighted by Gasteiger charge is -2.36. The summed E-state index contributed by atoms with van der Waals surface area (Å²) in [6.07, 6.45) is 5.04. The lowest BCUT2D eigenvalue weighted by atomic mass is 9.95. The van der Waals surface area contributed by atoms with Gasteiger partial charge in [0.1, 0.15) is 6.54 Å². The molecule has 1 N–H and O–H groups in total. The summed E-state index contributed by atoms with van der Waals surface area (Å²) in [5.74, 6) is 0.759. The molecule has 152 valence electrons. The Balaban J connectivity index is 1.46. The van der Waals surface area contributed by atoms with Gasteiger partial charge in [0.05, 0.1) is 17.7 Å². The summed E-state index contributed by atoms with van der Waals surface area (Å²) in [7, 11) is 0. The van der Waals surface area contributed by atoms with Crippen LogP contribution < -0.4 is 0 Å². The van der Waals surface area contributed by atoms with E-state index >= 15 is 0 Å². The average Bonchev–Trinajstić information content (AvgIpc) is 3.03. The fourth-order valence-corrected chi connectivity index (χ4v) is 4.99. The van der Waals surface area contributed by atoms with E-state index in [0.29, 0.717) is 18.5 Å². The Kier molecular flexibility index (Phi) is 5.27. The summed E-state index contributed by atoms with van der Waals surface area (Å²) in [5, 5.41) is 4.62. The van der Waals surface area contributed by atoms with Crippen molar-refractivity contribution in [2.45, 2.75) is 66.1 Å².